The molecule has 0 aliphatic carbocycles. The summed E-state index contributed by atoms with van der Waals surface area (Å²) in [6.45, 7) is 8.89. The molecule has 0 saturated carbocycles. The van der Waals surface area contributed by atoms with E-state index >= 15 is 0 Å². The second-order valence-electron chi connectivity index (χ2n) is 3.56. The first-order chi connectivity index (χ1) is 5.65. The third-order valence-corrected chi connectivity index (χ3v) is 2.60. The first-order valence-electron chi connectivity index (χ1n) is 4.55. The van der Waals surface area contributed by atoms with Crippen LogP contribution >= 0.6 is 0 Å². The summed E-state index contributed by atoms with van der Waals surface area (Å²) >= 11 is 0. The number of rotatable bonds is 2. The monoisotopic (exact) mass is 167 g/mol. The van der Waals surface area contributed by atoms with Gasteiger partial charge in [-0.05, 0) is 13.8 Å². The molecule has 1 aliphatic heterocycles. The van der Waals surface area contributed by atoms with Gasteiger partial charge in [-0.1, -0.05) is 6.08 Å². The van der Waals surface area contributed by atoms with Gasteiger partial charge in [-0.3, -0.25) is 9.69 Å². The zero-order chi connectivity index (χ0) is 9.14. The van der Waals surface area contributed by atoms with Gasteiger partial charge in [-0.15, -0.1) is 6.58 Å². The van der Waals surface area contributed by atoms with E-state index in [9.17, 15) is 4.79 Å². The van der Waals surface area contributed by atoms with Crippen LogP contribution in [0.3, 0.4) is 0 Å². The van der Waals surface area contributed by atoms with Crippen LogP contribution in [0.1, 0.15) is 26.7 Å². The van der Waals surface area contributed by atoms with E-state index in [2.05, 4.69) is 25.3 Å². The SMILES string of the molecule is C=CC(C)N1CCC(=O)CC1C. The number of Topliss-reactive ketones (excluding diaryl/α,β-unsaturated/α-hetero) is 1. The number of likely N-dealkylation sites (tertiary alicyclic amines) is 1. The van der Waals surface area contributed by atoms with Crippen LogP contribution in [0.15, 0.2) is 12.7 Å². The highest BCUT2D eigenvalue weighted by Gasteiger charge is 2.25. The van der Waals surface area contributed by atoms with Crippen LogP contribution in [0.2, 0.25) is 0 Å². The maximum atomic E-state index is 11.1. The minimum absolute atomic E-state index is 0.388. The molecule has 1 heterocycles. The molecular weight excluding hydrogens is 150 g/mol. The van der Waals surface area contributed by atoms with E-state index in [4.69, 9.17) is 0 Å². The lowest BCUT2D eigenvalue weighted by molar-refractivity contribution is -0.123. The van der Waals surface area contributed by atoms with Crippen LogP contribution in [-0.2, 0) is 4.79 Å². The molecule has 2 unspecified atom stereocenters. The molecule has 1 saturated heterocycles. The van der Waals surface area contributed by atoms with E-state index < -0.39 is 0 Å². The van der Waals surface area contributed by atoms with Crippen molar-refractivity contribution in [3.05, 3.63) is 12.7 Å². The van der Waals surface area contributed by atoms with Crippen LogP contribution in [0.4, 0.5) is 0 Å². The molecule has 68 valence electrons. The number of hydrogen-bond donors (Lipinski definition) is 0. The summed E-state index contributed by atoms with van der Waals surface area (Å²) in [6, 6.07) is 0.785. The van der Waals surface area contributed by atoms with Gasteiger partial charge in [0.15, 0.2) is 0 Å². The molecule has 0 aromatic rings. The van der Waals surface area contributed by atoms with E-state index in [0.29, 0.717) is 30.7 Å². The number of carbonyl (C=O) groups excluding carboxylic acids is 1. The molecule has 0 bridgehead atoms. The van der Waals surface area contributed by atoms with Crippen LogP contribution < -0.4 is 0 Å². The zero-order valence-electron chi connectivity index (χ0n) is 7.92. The van der Waals surface area contributed by atoms with E-state index in [-0.39, 0.29) is 0 Å². The molecule has 1 rings (SSSR count). The predicted molar refractivity (Wildman–Crippen MR) is 50.1 cm³/mol. The quantitative estimate of drug-likeness (QED) is 0.582. The topological polar surface area (TPSA) is 20.3 Å². The van der Waals surface area contributed by atoms with Gasteiger partial charge in [0.25, 0.3) is 0 Å². The third-order valence-electron chi connectivity index (χ3n) is 2.60. The summed E-state index contributed by atoms with van der Waals surface area (Å²) in [4.78, 5) is 13.4. The standard InChI is InChI=1S/C10H17NO/c1-4-8(2)11-6-5-10(12)7-9(11)3/h4,8-9H,1,5-7H2,2-3H3. The lowest BCUT2D eigenvalue weighted by atomic mass is 10.0. The zero-order valence-corrected chi connectivity index (χ0v) is 7.92. The average Bonchev–Trinajstić information content (AvgIpc) is 2.03. The fourth-order valence-electron chi connectivity index (χ4n) is 1.76. The maximum absolute atomic E-state index is 11.1. The van der Waals surface area contributed by atoms with Crippen molar-refractivity contribution in [2.75, 3.05) is 6.54 Å². The van der Waals surface area contributed by atoms with Crippen molar-refractivity contribution in [2.45, 2.75) is 38.8 Å². The van der Waals surface area contributed by atoms with Gasteiger partial charge in [-0.2, -0.15) is 0 Å². The fraction of sp³-hybridized carbons (Fsp3) is 0.700. The Morgan fingerprint density at radius 2 is 2.42 bits per heavy atom. The molecular formula is C10H17NO. The molecule has 0 amide bonds. The molecule has 2 heteroatoms. The highest BCUT2D eigenvalue weighted by Crippen LogP contribution is 2.16. The molecule has 1 aliphatic rings. The highest BCUT2D eigenvalue weighted by molar-refractivity contribution is 5.79. The molecule has 2 nitrogen and oxygen atoms in total. The van der Waals surface area contributed by atoms with Crippen molar-refractivity contribution < 1.29 is 4.79 Å². The van der Waals surface area contributed by atoms with Crippen molar-refractivity contribution in [1.29, 1.82) is 0 Å². The summed E-state index contributed by atoms with van der Waals surface area (Å²) < 4.78 is 0. The van der Waals surface area contributed by atoms with Gasteiger partial charge < -0.3 is 0 Å². The van der Waals surface area contributed by atoms with E-state index in [0.717, 1.165) is 6.54 Å². The molecule has 0 aromatic heterocycles. The summed E-state index contributed by atoms with van der Waals surface area (Å²) in [5.74, 6) is 0.398. The minimum atomic E-state index is 0.388. The van der Waals surface area contributed by atoms with Crippen molar-refractivity contribution in [2.24, 2.45) is 0 Å². The minimum Gasteiger partial charge on any atom is -0.300 e. The van der Waals surface area contributed by atoms with Gasteiger partial charge in [0, 0.05) is 31.5 Å². The summed E-state index contributed by atoms with van der Waals surface area (Å²) in [5.41, 5.74) is 0. The number of carbonyl (C=O) groups is 1. The van der Waals surface area contributed by atoms with Crippen LogP contribution in [0, 0.1) is 0 Å². The van der Waals surface area contributed by atoms with Crippen LogP contribution in [-0.4, -0.2) is 29.3 Å². The van der Waals surface area contributed by atoms with Crippen molar-refractivity contribution in [1.82, 2.24) is 4.90 Å². The Balaban J connectivity index is 2.55. The Kier molecular flexibility index (Phi) is 3.04. The second-order valence-corrected chi connectivity index (χ2v) is 3.56. The Bertz CT molecular complexity index is 188. The van der Waals surface area contributed by atoms with Gasteiger partial charge in [0.1, 0.15) is 5.78 Å². The Morgan fingerprint density at radius 1 is 1.75 bits per heavy atom. The van der Waals surface area contributed by atoms with E-state index in [1.165, 1.54) is 0 Å². The Labute approximate surface area is 74.2 Å². The normalized spacial score (nSPS) is 28.5. The van der Waals surface area contributed by atoms with E-state index in [1.807, 2.05) is 6.08 Å². The predicted octanol–water partition coefficient (Wildman–Crippen LogP) is 1.61. The third kappa shape index (κ3) is 1.95. The maximum Gasteiger partial charge on any atom is 0.135 e. The Morgan fingerprint density at radius 3 is 2.92 bits per heavy atom. The summed E-state index contributed by atoms with van der Waals surface area (Å²) in [6.07, 6.45) is 3.35. The van der Waals surface area contributed by atoms with Crippen molar-refractivity contribution >= 4 is 5.78 Å². The smallest absolute Gasteiger partial charge is 0.135 e. The van der Waals surface area contributed by atoms with Crippen LogP contribution in [0.25, 0.3) is 0 Å². The lowest BCUT2D eigenvalue weighted by Crippen LogP contribution is -2.45. The molecule has 1 fully saturated rings. The molecule has 12 heavy (non-hydrogen) atoms. The number of hydrogen-bond acceptors (Lipinski definition) is 2. The van der Waals surface area contributed by atoms with Gasteiger partial charge in [0.05, 0.1) is 0 Å². The van der Waals surface area contributed by atoms with Gasteiger partial charge >= 0.3 is 0 Å². The largest absolute Gasteiger partial charge is 0.300 e. The fourth-order valence-corrected chi connectivity index (χ4v) is 1.76. The molecule has 0 N–H and O–H groups in total. The first-order valence-corrected chi connectivity index (χ1v) is 4.55. The summed E-state index contributed by atoms with van der Waals surface area (Å²) in [7, 11) is 0. The molecule has 0 aromatic carbocycles. The first kappa shape index (κ1) is 9.46. The van der Waals surface area contributed by atoms with Gasteiger partial charge in [-0.25, -0.2) is 0 Å². The number of piperidine rings is 1. The number of nitrogens with zero attached hydrogens (tertiary/aromatic N) is 1. The van der Waals surface area contributed by atoms with E-state index in [1.54, 1.807) is 0 Å². The van der Waals surface area contributed by atoms with Crippen LogP contribution in [0.5, 0.6) is 0 Å². The molecule has 2 atom stereocenters. The highest BCUT2D eigenvalue weighted by atomic mass is 16.1. The van der Waals surface area contributed by atoms with Gasteiger partial charge in [0.2, 0.25) is 0 Å². The Hall–Kier alpha value is -0.630. The van der Waals surface area contributed by atoms with Crippen molar-refractivity contribution in [3.63, 3.8) is 0 Å². The summed E-state index contributed by atoms with van der Waals surface area (Å²) in [5, 5.41) is 0. The second kappa shape index (κ2) is 3.85. The number of ketones is 1. The lowest BCUT2D eigenvalue weighted by Gasteiger charge is -2.35. The van der Waals surface area contributed by atoms with Crippen molar-refractivity contribution in [3.8, 4) is 0 Å². The molecule has 0 spiro atoms. The average molecular weight is 167 g/mol. The molecule has 0 radical (unpaired) electrons.